The summed E-state index contributed by atoms with van der Waals surface area (Å²) >= 11 is 0. The first-order chi connectivity index (χ1) is 11.1. The summed E-state index contributed by atoms with van der Waals surface area (Å²) in [5.74, 6) is 0.249. The summed E-state index contributed by atoms with van der Waals surface area (Å²) in [5.41, 5.74) is 0.736. The van der Waals surface area contributed by atoms with Crippen LogP contribution in [-0.2, 0) is 14.3 Å². The Bertz CT molecular complexity index is 512. The van der Waals surface area contributed by atoms with E-state index in [4.69, 9.17) is 4.74 Å². The fourth-order valence-electron chi connectivity index (χ4n) is 3.09. The summed E-state index contributed by atoms with van der Waals surface area (Å²) in [6.07, 6.45) is 2.73. The Balaban J connectivity index is 1.96. The quantitative estimate of drug-likeness (QED) is 0.788. The third-order valence-electron chi connectivity index (χ3n) is 4.52. The first-order valence-corrected chi connectivity index (χ1v) is 8.24. The van der Waals surface area contributed by atoms with Crippen molar-refractivity contribution in [1.82, 2.24) is 10.6 Å². The number of carbonyl (C=O) groups excluding carboxylic acids is 2. The molecular formula is C18H26N2O3. The number of amides is 1. The van der Waals surface area contributed by atoms with Crippen LogP contribution in [0.4, 0.5) is 0 Å². The molecule has 0 radical (unpaired) electrons. The number of ether oxygens (including phenoxy) is 1. The van der Waals surface area contributed by atoms with Gasteiger partial charge in [0.2, 0.25) is 5.91 Å². The van der Waals surface area contributed by atoms with Gasteiger partial charge in [0.25, 0.3) is 0 Å². The van der Waals surface area contributed by atoms with E-state index in [2.05, 4.69) is 17.6 Å². The molecule has 1 fully saturated rings. The van der Waals surface area contributed by atoms with Crippen molar-refractivity contribution in [2.45, 2.75) is 32.2 Å². The summed E-state index contributed by atoms with van der Waals surface area (Å²) in [7, 11) is 1.33. The second-order valence-corrected chi connectivity index (χ2v) is 6.22. The smallest absolute Gasteiger partial charge is 0.333 e. The second-order valence-electron chi connectivity index (χ2n) is 6.22. The van der Waals surface area contributed by atoms with Crippen molar-refractivity contribution in [1.29, 1.82) is 0 Å². The van der Waals surface area contributed by atoms with Crippen LogP contribution < -0.4 is 10.6 Å². The Labute approximate surface area is 137 Å². The summed E-state index contributed by atoms with van der Waals surface area (Å²) in [6.45, 7) is 4.13. The first-order valence-electron chi connectivity index (χ1n) is 8.24. The van der Waals surface area contributed by atoms with Crippen molar-refractivity contribution < 1.29 is 14.3 Å². The molecule has 0 aliphatic carbocycles. The third-order valence-corrected chi connectivity index (χ3v) is 4.52. The van der Waals surface area contributed by atoms with E-state index in [1.807, 2.05) is 30.3 Å². The van der Waals surface area contributed by atoms with Gasteiger partial charge in [-0.1, -0.05) is 37.3 Å². The van der Waals surface area contributed by atoms with Crippen LogP contribution in [0.1, 0.15) is 37.8 Å². The zero-order valence-electron chi connectivity index (χ0n) is 13.9. The Kier molecular flexibility index (Phi) is 6.59. The highest BCUT2D eigenvalue weighted by Gasteiger charge is 2.26. The Morgan fingerprint density at radius 1 is 1.35 bits per heavy atom. The number of carbonyl (C=O) groups is 2. The lowest BCUT2D eigenvalue weighted by Gasteiger charge is -2.28. The van der Waals surface area contributed by atoms with Gasteiger partial charge in [0.15, 0.2) is 6.04 Å². The lowest BCUT2D eigenvalue weighted by molar-refractivity contribution is -0.145. The average molecular weight is 318 g/mol. The van der Waals surface area contributed by atoms with Crippen molar-refractivity contribution in [3.8, 4) is 0 Å². The van der Waals surface area contributed by atoms with E-state index < -0.39 is 12.0 Å². The fourth-order valence-corrected chi connectivity index (χ4v) is 3.09. The molecule has 2 N–H and O–H groups in total. The lowest BCUT2D eigenvalue weighted by Crippen LogP contribution is -2.38. The molecule has 1 amide bonds. The van der Waals surface area contributed by atoms with Gasteiger partial charge in [-0.15, -0.1) is 0 Å². The number of nitrogens with one attached hydrogen (secondary N) is 2. The van der Waals surface area contributed by atoms with Crippen LogP contribution in [0.25, 0.3) is 0 Å². The van der Waals surface area contributed by atoms with Gasteiger partial charge in [0, 0.05) is 6.42 Å². The van der Waals surface area contributed by atoms with Gasteiger partial charge >= 0.3 is 5.97 Å². The van der Waals surface area contributed by atoms with Gasteiger partial charge in [0.05, 0.1) is 7.11 Å². The Morgan fingerprint density at radius 2 is 2.09 bits per heavy atom. The molecule has 1 heterocycles. The average Bonchev–Trinajstić information content (AvgIpc) is 2.60. The normalized spacial score (nSPS) is 20.3. The van der Waals surface area contributed by atoms with Crippen LogP contribution in [0.3, 0.4) is 0 Å². The number of methoxy groups -OCH3 is 1. The minimum absolute atomic E-state index is 0.109. The van der Waals surface area contributed by atoms with Gasteiger partial charge in [-0.25, -0.2) is 4.79 Å². The predicted molar refractivity (Wildman–Crippen MR) is 88.7 cm³/mol. The largest absolute Gasteiger partial charge is 0.467 e. The maximum atomic E-state index is 12.4. The molecule has 2 rings (SSSR count). The summed E-state index contributed by atoms with van der Waals surface area (Å²) in [4.78, 5) is 24.3. The summed E-state index contributed by atoms with van der Waals surface area (Å²) in [5, 5.41) is 6.20. The van der Waals surface area contributed by atoms with E-state index in [0.717, 1.165) is 31.5 Å². The molecule has 0 saturated carbocycles. The predicted octanol–water partition coefficient (Wildman–Crippen LogP) is 2.04. The highest BCUT2D eigenvalue weighted by atomic mass is 16.5. The van der Waals surface area contributed by atoms with Crippen molar-refractivity contribution in [3.05, 3.63) is 35.9 Å². The second kappa shape index (κ2) is 8.67. The zero-order valence-corrected chi connectivity index (χ0v) is 13.9. The van der Waals surface area contributed by atoms with Crippen LogP contribution in [0, 0.1) is 11.8 Å². The molecule has 23 heavy (non-hydrogen) atoms. The molecule has 1 aliphatic heterocycles. The fraction of sp³-hybridized carbons (Fsp3) is 0.556. The van der Waals surface area contributed by atoms with E-state index in [1.54, 1.807) is 0 Å². The molecule has 0 spiro atoms. The molecule has 0 bridgehead atoms. The number of hydrogen-bond acceptors (Lipinski definition) is 4. The van der Waals surface area contributed by atoms with Crippen LogP contribution in [0.5, 0.6) is 0 Å². The van der Waals surface area contributed by atoms with E-state index >= 15 is 0 Å². The van der Waals surface area contributed by atoms with E-state index in [-0.39, 0.29) is 11.8 Å². The van der Waals surface area contributed by atoms with E-state index in [1.165, 1.54) is 7.11 Å². The number of benzene rings is 1. The lowest BCUT2D eigenvalue weighted by atomic mass is 9.85. The van der Waals surface area contributed by atoms with Crippen LogP contribution in [0.2, 0.25) is 0 Å². The number of piperidine rings is 1. The van der Waals surface area contributed by atoms with Gasteiger partial charge < -0.3 is 15.4 Å². The number of hydrogen-bond donors (Lipinski definition) is 2. The molecule has 3 unspecified atom stereocenters. The number of rotatable bonds is 6. The van der Waals surface area contributed by atoms with Crippen LogP contribution in [-0.4, -0.2) is 32.1 Å². The zero-order chi connectivity index (χ0) is 16.7. The molecule has 0 aromatic heterocycles. The monoisotopic (exact) mass is 318 g/mol. The summed E-state index contributed by atoms with van der Waals surface area (Å²) < 4.78 is 4.83. The highest BCUT2D eigenvalue weighted by Crippen LogP contribution is 2.23. The standard InChI is InChI=1S/C18H26N2O3/c1-13(15-9-6-10-19-12-15)11-16(21)20-17(18(22)23-2)14-7-4-3-5-8-14/h3-5,7-8,13,15,17,19H,6,9-12H2,1-2H3,(H,20,21). The first kappa shape index (κ1) is 17.5. The molecule has 126 valence electrons. The van der Waals surface area contributed by atoms with Gasteiger partial charge in [-0.3, -0.25) is 4.79 Å². The van der Waals surface area contributed by atoms with E-state index in [0.29, 0.717) is 12.3 Å². The third kappa shape index (κ3) is 5.06. The van der Waals surface area contributed by atoms with Crippen molar-refractivity contribution in [3.63, 3.8) is 0 Å². The molecule has 1 aromatic rings. The Morgan fingerprint density at radius 3 is 2.70 bits per heavy atom. The van der Waals surface area contributed by atoms with Crippen molar-refractivity contribution >= 4 is 11.9 Å². The van der Waals surface area contributed by atoms with Gasteiger partial charge in [-0.2, -0.15) is 0 Å². The molecule has 5 heteroatoms. The van der Waals surface area contributed by atoms with E-state index in [9.17, 15) is 9.59 Å². The maximum Gasteiger partial charge on any atom is 0.333 e. The van der Waals surface area contributed by atoms with Crippen molar-refractivity contribution in [2.24, 2.45) is 11.8 Å². The molecule has 3 atom stereocenters. The van der Waals surface area contributed by atoms with Gasteiger partial charge in [-0.05, 0) is 43.3 Å². The molecule has 1 aromatic carbocycles. The topological polar surface area (TPSA) is 67.4 Å². The Hall–Kier alpha value is -1.88. The minimum Gasteiger partial charge on any atom is -0.467 e. The van der Waals surface area contributed by atoms with Gasteiger partial charge in [0.1, 0.15) is 0 Å². The maximum absolute atomic E-state index is 12.4. The molecule has 1 aliphatic rings. The highest BCUT2D eigenvalue weighted by molar-refractivity contribution is 5.85. The van der Waals surface area contributed by atoms with Crippen LogP contribution in [0.15, 0.2) is 30.3 Å². The SMILES string of the molecule is COC(=O)C(NC(=O)CC(C)C1CCCNC1)c1ccccc1. The molecule has 1 saturated heterocycles. The van der Waals surface area contributed by atoms with Crippen LogP contribution >= 0.6 is 0 Å². The van der Waals surface area contributed by atoms with Crippen molar-refractivity contribution in [2.75, 3.05) is 20.2 Å². The molecular weight excluding hydrogens is 292 g/mol. The summed E-state index contributed by atoms with van der Waals surface area (Å²) in [6, 6.07) is 8.44. The molecule has 5 nitrogen and oxygen atoms in total. The minimum atomic E-state index is -0.745. The number of esters is 1.